The maximum atomic E-state index is 12.4. The second-order valence-corrected chi connectivity index (χ2v) is 6.03. The van der Waals surface area contributed by atoms with Crippen molar-refractivity contribution < 1.29 is 9.53 Å². The number of nitrogens with one attached hydrogen (secondary N) is 2. The third-order valence-corrected chi connectivity index (χ3v) is 4.04. The summed E-state index contributed by atoms with van der Waals surface area (Å²) in [5.74, 6) is 1.70. The molecule has 0 aliphatic heterocycles. The maximum absolute atomic E-state index is 12.4. The van der Waals surface area contributed by atoms with E-state index in [0.29, 0.717) is 5.56 Å². The minimum Gasteiger partial charge on any atom is -0.497 e. The number of hydrogen-bond acceptors (Lipinski definition) is 4. The number of benzene rings is 1. The fourth-order valence-corrected chi connectivity index (χ4v) is 2.69. The summed E-state index contributed by atoms with van der Waals surface area (Å²) < 4.78 is 5.15. The molecule has 0 fully saturated rings. The molecular weight excluding hydrogens is 298 g/mol. The Hall–Kier alpha value is -1.95. The van der Waals surface area contributed by atoms with E-state index < -0.39 is 0 Å². The number of H-pyrrole nitrogens is 1. The van der Waals surface area contributed by atoms with E-state index in [1.165, 1.54) is 0 Å². The molecule has 2 aromatic rings. The van der Waals surface area contributed by atoms with Crippen LogP contribution < -0.4 is 10.1 Å². The molecule has 0 saturated heterocycles. The third kappa shape index (κ3) is 4.04. The van der Waals surface area contributed by atoms with Gasteiger partial charge in [-0.1, -0.05) is 0 Å². The number of methoxy groups -OCH3 is 1. The van der Waals surface area contributed by atoms with Gasteiger partial charge in [0.25, 0.3) is 5.91 Å². The van der Waals surface area contributed by atoms with Gasteiger partial charge in [0.2, 0.25) is 0 Å². The molecule has 0 aliphatic rings. The van der Waals surface area contributed by atoms with Crippen LogP contribution in [0.15, 0.2) is 30.5 Å². The van der Waals surface area contributed by atoms with Gasteiger partial charge in [-0.05, 0) is 49.6 Å². The first-order valence-corrected chi connectivity index (χ1v) is 8.52. The van der Waals surface area contributed by atoms with Crippen LogP contribution in [0.3, 0.4) is 0 Å². The van der Waals surface area contributed by atoms with Gasteiger partial charge in [0, 0.05) is 11.6 Å². The van der Waals surface area contributed by atoms with Crippen LogP contribution in [0.4, 0.5) is 0 Å². The molecule has 22 heavy (non-hydrogen) atoms. The van der Waals surface area contributed by atoms with E-state index in [2.05, 4.69) is 21.8 Å². The van der Waals surface area contributed by atoms with E-state index in [1.807, 2.05) is 31.2 Å². The molecule has 1 amide bonds. The van der Waals surface area contributed by atoms with Crippen molar-refractivity contribution in [1.29, 1.82) is 0 Å². The minimum absolute atomic E-state index is 0.104. The Morgan fingerprint density at radius 3 is 2.77 bits per heavy atom. The predicted molar refractivity (Wildman–Crippen MR) is 90.5 cm³/mol. The highest BCUT2D eigenvalue weighted by Gasteiger charge is 2.17. The lowest BCUT2D eigenvalue weighted by molar-refractivity contribution is 0.0940. The Bertz CT molecular complexity index is 610. The predicted octanol–water partition coefficient (Wildman–Crippen LogP) is 2.96. The summed E-state index contributed by atoms with van der Waals surface area (Å²) in [6, 6.07) is 7.66. The molecule has 2 N–H and O–H groups in total. The molecular formula is C16H21N3O2S. The quantitative estimate of drug-likeness (QED) is 0.823. The SMILES string of the molecule is COc1ccc(-c2[nH]ncc2C(=O)N[C@@H](C)CCSC)cc1. The van der Waals surface area contributed by atoms with Crippen molar-refractivity contribution in [3.8, 4) is 17.0 Å². The Morgan fingerprint density at radius 2 is 2.14 bits per heavy atom. The molecule has 0 radical (unpaired) electrons. The number of carbonyl (C=O) groups excluding carboxylic acids is 1. The topological polar surface area (TPSA) is 67.0 Å². The van der Waals surface area contributed by atoms with Crippen LogP contribution in [0.25, 0.3) is 11.3 Å². The van der Waals surface area contributed by atoms with Crippen molar-refractivity contribution in [2.45, 2.75) is 19.4 Å². The minimum atomic E-state index is -0.104. The summed E-state index contributed by atoms with van der Waals surface area (Å²) in [6.07, 6.45) is 4.57. The molecule has 5 nitrogen and oxygen atoms in total. The maximum Gasteiger partial charge on any atom is 0.255 e. The summed E-state index contributed by atoms with van der Waals surface area (Å²) in [4.78, 5) is 12.4. The van der Waals surface area contributed by atoms with E-state index in [0.717, 1.165) is 29.2 Å². The Kier molecular flexibility index (Phi) is 5.89. The zero-order valence-corrected chi connectivity index (χ0v) is 13.9. The number of carbonyl (C=O) groups is 1. The first-order valence-electron chi connectivity index (χ1n) is 7.13. The zero-order valence-electron chi connectivity index (χ0n) is 13.1. The average molecular weight is 319 g/mol. The summed E-state index contributed by atoms with van der Waals surface area (Å²) in [6.45, 7) is 2.02. The van der Waals surface area contributed by atoms with Gasteiger partial charge in [0.15, 0.2) is 0 Å². The van der Waals surface area contributed by atoms with E-state index in [4.69, 9.17) is 4.74 Å². The first-order chi connectivity index (χ1) is 10.7. The van der Waals surface area contributed by atoms with Gasteiger partial charge in [-0.25, -0.2) is 0 Å². The number of nitrogens with zero attached hydrogens (tertiary/aromatic N) is 1. The highest BCUT2D eigenvalue weighted by atomic mass is 32.2. The number of aromatic nitrogens is 2. The van der Waals surface area contributed by atoms with Crippen LogP contribution in [0.2, 0.25) is 0 Å². The lowest BCUT2D eigenvalue weighted by atomic mass is 10.1. The zero-order chi connectivity index (χ0) is 15.9. The van der Waals surface area contributed by atoms with Crippen molar-refractivity contribution in [2.24, 2.45) is 0 Å². The molecule has 0 aliphatic carbocycles. The van der Waals surface area contributed by atoms with Gasteiger partial charge >= 0.3 is 0 Å². The molecule has 0 unspecified atom stereocenters. The Morgan fingerprint density at radius 1 is 1.41 bits per heavy atom. The fraction of sp³-hybridized carbons (Fsp3) is 0.375. The second-order valence-electron chi connectivity index (χ2n) is 5.04. The van der Waals surface area contributed by atoms with Crippen LogP contribution in [0.5, 0.6) is 5.75 Å². The van der Waals surface area contributed by atoms with E-state index in [-0.39, 0.29) is 11.9 Å². The first kappa shape index (κ1) is 16.4. The monoisotopic (exact) mass is 319 g/mol. The molecule has 118 valence electrons. The standard InChI is InChI=1S/C16H21N3O2S/c1-11(8-9-22-3)18-16(20)14-10-17-19-15(14)12-4-6-13(21-2)7-5-12/h4-7,10-11H,8-9H2,1-3H3,(H,17,19)(H,18,20)/t11-/m0/s1. The van der Waals surface area contributed by atoms with Gasteiger partial charge < -0.3 is 10.1 Å². The number of rotatable bonds is 7. The van der Waals surface area contributed by atoms with E-state index in [9.17, 15) is 4.79 Å². The smallest absolute Gasteiger partial charge is 0.255 e. The largest absolute Gasteiger partial charge is 0.497 e. The average Bonchev–Trinajstić information content (AvgIpc) is 3.02. The Labute approximate surface area is 134 Å². The molecule has 1 aromatic heterocycles. The van der Waals surface area contributed by atoms with Crippen molar-refractivity contribution >= 4 is 17.7 Å². The molecule has 1 aromatic carbocycles. The van der Waals surface area contributed by atoms with Crippen molar-refractivity contribution in [2.75, 3.05) is 19.1 Å². The van der Waals surface area contributed by atoms with Crippen LogP contribution in [-0.4, -0.2) is 41.3 Å². The van der Waals surface area contributed by atoms with Crippen molar-refractivity contribution in [1.82, 2.24) is 15.5 Å². The highest BCUT2D eigenvalue weighted by Crippen LogP contribution is 2.23. The number of amides is 1. The number of aromatic amines is 1. The number of hydrogen-bond donors (Lipinski definition) is 2. The van der Waals surface area contributed by atoms with Crippen molar-refractivity contribution in [3.63, 3.8) is 0 Å². The van der Waals surface area contributed by atoms with Gasteiger partial charge in [0.1, 0.15) is 5.75 Å². The summed E-state index contributed by atoms with van der Waals surface area (Å²) >= 11 is 1.78. The van der Waals surface area contributed by atoms with Crippen LogP contribution in [0, 0.1) is 0 Å². The van der Waals surface area contributed by atoms with Gasteiger partial charge in [-0.15, -0.1) is 0 Å². The number of ether oxygens (including phenoxy) is 1. The second kappa shape index (κ2) is 7.89. The molecule has 0 saturated carbocycles. The lowest BCUT2D eigenvalue weighted by Gasteiger charge is -2.13. The van der Waals surface area contributed by atoms with Gasteiger partial charge in [-0.2, -0.15) is 16.9 Å². The number of thioether (sulfide) groups is 1. The summed E-state index contributed by atoms with van der Waals surface area (Å²) in [5.41, 5.74) is 2.18. The Balaban J connectivity index is 2.12. The third-order valence-electron chi connectivity index (χ3n) is 3.40. The van der Waals surface area contributed by atoms with Crippen LogP contribution in [0.1, 0.15) is 23.7 Å². The highest BCUT2D eigenvalue weighted by molar-refractivity contribution is 7.98. The van der Waals surface area contributed by atoms with Crippen LogP contribution >= 0.6 is 11.8 Å². The fourth-order valence-electron chi connectivity index (χ4n) is 2.10. The van der Waals surface area contributed by atoms with Crippen LogP contribution in [-0.2, 0) is 0 Å². The molecule has 1 atom stereocenters. The van der Waals surface area contributed by atoms with Gasteiger partial charge in [-0.3, -0.25) is 9.89 Å². The van der Waals surface area contributed by atoms with E-state index in [1.54, 1.807) is 25.1 Å². The molecule has 1 heterocycles. The molecule has 0 bridgehead atoms. The molecule has 0 spiro atoms. The molecule has 6 heteroatoms. The van der Waals surface area contributed by atoms with E-state index >= 15 is 0 Å². The van der Waals surface area contributed by atoms with Gasteiger partial charge in [0.05, 0.1) is 24.6 Å². The summed E-state index contributed by atoms with van der Waals surface area (Å²) in [7, 11) is 1.63. The lowest BCUT2D eigenvalue weighted by Crippen LogP contribution is -2.33. The summed E-state index contributed by atoms with van der Waals surface area (Å²) in [5, 5.41) is 9.92. The molecule has 2 rings (SSSR count). The van der Waals surface area contributed by atoms with Crippen molar-refractivity contribution in [3.05, 3.63) is 36.0 Å². The normalized spacial score (nSPS) is 12.0.